The summed E-state index contributed by atoms with van der Waals surface area (Å²) in [6.45, 7) is 8.03. The molecule has 1 rings (SSSR count). The number of hydrogen-bond donors (Lipinski definition) is 2. The zero-order valence-electron chi connectivity index (χ0n) is 12.9. The third-order valence-corrected chi connectivity index (χ3v) is 4.23. The lowest BCUT2D eigenvalue weighted by Crippen LogP contribution is -2.46. The Morgan fingerprint density at radius 2 is 2.00 bits per heavy atom. The summed E-state index contributed by atoms with van der Waals surface area (Å²) in [7, 11) is 1.84. The Balaban J connectivity index is 2.09. The molecule has 4 heteroatoms. The fraction of sp³-hybridized carbons (Fsp3) is 0.933. The smallest absolute Gasteiger partial charge is 0.190 e. The third-order valence-electron chi connectivity index (χ3n) is 4.23. The Morgan fingerprint density at radius 3 is 2.53 bits per heavy atom. The highest BCUT2D eigenvalue weighted by Gasteiger charge is 2.34. The Morgan fingerprint density at radius 1 is 1.21 bits per heavy atom. The molecular weight excluding hydrogens is 238 g/mol. The van der Waals surface area contributed by atoms with E-state index < -0.39 is 0 Å². The van der Waals surface area contributed by atoms with Gasteiger partial charge in [-0.25, -0.2) is 0 Å². The largest absolute Gasteiger partial charge is 0.382 e. The second-order valence-corrected chi connectivity index (χ2v) is 5.46. The van der Waals surface area contributed by atoms with Gasteiger partial charge in [-0.3, -0.25) is 4.99 Å². The lowest BCUT2D eigenvalue weighted by Gasteiger charge is -2.41. The Bertz CT molecular complexity index is 257. The monoisotopic (exact) mass is 269 g/mol. The standard InChI is InChI=1S/C15H31N3O/c1-4-15(9-8-10-15)13-18-14(16-3)17-11-6-7-12-19-5-2/h4-13H2,1-3H3,(H2,16,17,18). The SMILES string of the molecule is CCOCCCCNC(=NC)NCC1(CC)CCC1. The Hall–Kier alpha value is -0.770. The molecule has 2 N–H and O–H groups in total. The quantitative estimate of drug-likeness (QED) is 0.384. The average molecular weight is 269 g/mol. The summed E-state index contributed by atoms with van der Waals surface area (Å²) in [6, 6.07) is 0. The molecule has 1 fully saturated rings. The van der Waals surface area contributed by atoms with Crippen molar-refractivity contribution in [2.45, 2.75) is 52.4 Å². The molecule has 0 unspecified atom stereocenters. The van der Waals surface area contributed by atoms with Gasteiger partial charge in [0.25, 0.3) is 0 Å². The van der Waals surface area contributed by atoms with Crippen molar-refractivity contribution in [3.05, 3.63) is 0 Å². The minimum atomic E-state index is 0.534. The highest BCUT2D eigenvalue weighted by atomic mass is 16.5. The summed E-state index contributed by atoms with van der Waals surface area (Å²) in [5.74, 6) is 0.941. The highest BCUT2D eigenvalue weighted by Crippen LogP contribution is 2.42. The molecule has 0 aromatic heterocycles. The van der Waals surface area contributed by atoms with Gasteiger partial charge in [-0.15, -0.1) is 0 Å². The first-order valence-corrected chi connectivity index (χ1v) is 7.78. The zero-order chi connectivity index (χ0) is 14.0. The number of unbranched alkanes of at least 4 members (excludes halogenated alkanes) is 1. The Labute approximate surface area is 118 Å². The maximum absolute atomic E-state index is 5.32. The van der Waals surface area contributed by atoms with Crippen molar-refractivity contribution in [1.29, 1.82) is 0 Å². The van der Waals surface area contributed by atoms with E-state index in [1.54, 1.807) is 0 Å². The van der Waals surface area contributed by atoms with E-state index >= 15 is 0 Å². The van der Waals surface area contributed by atoms with Crippen LogP contribution in [0, 0.1) is 5.41 Å². The van der Waals surface area contributed by atoms with Crippen LogP contribution in [-0.4, -0.2) is 39.3 Å². The first-order chi connectivity index (χ1) is 9.26. The molecule has 0 aromatic rings. The van der Waals surface area contributed by atoms with Crippen LogP contribution < -0.4 is 10.6 Å². The number of guanidine groups is 1. The van der Waals surface area contributed by atoms with Gasteiger partial charge in [0.1, 0.15) is 0 Å². The van der Waals surface area contributed by atoms with Gasteiger partial charge in [0.15, 0.2) is 5.96 Å². The van der Waals surface area contributed by atoms with Gasteiger partial charge in [0.2, 0.25) is 0 Å². The van der Waals surface area contributed by atoms with Crippen LogP contribution >= 0.6 is 0 Å². The van der Waals surface area contributed by atoms with Crippen molar-refractivity contribution in [1.82, 2.24) is 10.6 Å². The summed E-state index contributed by atoms with van der Waals surface area (Å²) in [5.41, 5.74) is 0.534. The molecule has 1 saturated carbocycles. The molecule has 0 bridgehead atoms. The van der Waals surface area contributed by atoms with Gasteiger partial charge in [0, 0.05) is 33.4 Å². The van der Waals surface area contributed by atoms with Gasteiger partial charge in [-0.05, 0) is 44.4 Å². The van der Waals surface area contributed by atoms with E-state index in [9.17, 15) is 0 Å². The number of hydrogen-bond acceptors (Lipinski definition) is 2. The number of nitrogens with zero attached hydrogens (tertiary/aromatic N) is 1. The molecule has 4 nitrogen and oxygen atoms in total. The molecule has 0 aliphatic heterocycles. The highest BCUT2D eigenvalue weighted by molar-refractivity contribution is 5.79. The molecule has 0 radical (unpaired) electrons. The van der Waals surface area contributed by atoms with Crippen molar-refractivity contribution >= 4 is 5.96 Å². The van der Waals surface area contributed by atoms with E-state index in [2.05, 4.69) is 22.5 Å². The summed E-state index contributed by atoms with van der Waals surface area (Å²) in [5, 5.41) is 6.85. The van der Waals surface area contributed by atoms with Crippen LogP contribution in [0.2, 0.25) is 0 Å². The molecule has 19 heavy (non-hydrogen) atoms. The van der Waals surface area contributed by atoms with E-state index in [0.29, 0.717) is 5.41 Å². The second-order valence-electron chi connectivity index (χ2n) is 5.46. The topological polar surface area (TPSA) is 45.6 Å². The average Bonchev–Trinajstić information content (AvgIpc) is 2.39. The molecule has 1 aliphatic carbocycles. The van der Waals surface area contributed by atoms with Crippen LogP contribution in [0.4, 0.5) is 0 Å². The predicted octanol–water partition coefficient (Wildman–Crippen LogP) is 2.55. The van der Waals surface area contributed by atoms with Crippen LogP contribution in [0.15, 0.2) is 4.99 Å². The van der Waals surface area contributed by atoms with E-state index in [-0.39, 0.29) is 0 Å². The number of nitrogens with one attached hydrogen (secondary N) is 2. The number of rotatable bonds is 9. The van der Waals surface area contributed by atoms with Crippen LogP contribution in [-0.2, 0) is 4.74 Å². The molecule has 0 spiro atoms. The van der Waals surface area contributed by atoms with Crippen molar-refractivity contribution in [2.24, 2.45) is 10.4 Å². The van der Waals surface area contributed by atoms with Crippen LogP contribution in [0.3, 0.4) is 0 Å². The predicted molar refractivity (Wildman–Crippen MR) is 81.7 cm³/mol. The van der Waals surface area contributed by atoms with E-state index in [0.717, 1.165) is 45.1 Å². The van der Waals surface area contributed by atoms with Gasteiger partial charge in [-0.2, -0.15) is 0 Å². The normalized spacial score (nSPS) is 17.9. The van der Waals surface area contributed by atoms with Crippen LogP contribution in [0.1, 0.15) is 52.4 Å². The van der Waals surface area contributed by atoms with Crippen molar-refractivity contribution < 1.29 is 4.74 Å². The lowest BCUT2D eigenvalue weighted by molar-refractivity contribution is 0.131. The van der Waals surface area contributed by atoms with Gasteiger partial charge in [-0.1, -0.05) is 13.3 Å². The van der Waals surface area contributed by atoms with Gasteiger partial charge >= 0.3 is 0 Å². The van der Waals surface area contributed by atoms with Gasteiger partial charge < -0.3 is 15.4 Å². The lowest BCUT2D eigenvalue weighted by atomic mass is 9.67. The molecule has 0 amide bonds. The van der Waals surface area contributed by atoms with Crippen molar-refractivity contribution in [3.63, 3.8) is 0 Å². The van der Waals surface area contributed by atoms with Crippen molar-refractivity contribution in [2.75, 3.05) is 33.4 Å². The minimum Gasteiger partial charge on any atom is -0.382 e. The van der Waals surface area contributed by atoms with Gasteiger partial charge in [0.05, 0.1) is 0 Å². The first-order valence-electron chi connectivity index (χ1n) is 7.78. The molecular formula is C15H31N3O. The summed E-state index contributed by atoms with van der Waals surface area (Å²) >= 11 is 0. The summed E-state index contributed by atoms with van der Waals surface area (Å²) in [4.78, 5) is 4.28. The molecule has 0 aromatic carbocycles. The Kier molecular flexibility index (Phi) is 7.87. The van der Waals surface area contributed by atoms with E-state index in [4.69, 9.17) is 4.74 Å². The zero-order valence-corrected chi connectivity index (χ0v) is 12.9. The minimum absolute atomic E-state index is 0.534. The molecule has 0 saturated heterocycles. The summed E-state index contributed by atoms with van der Waals surface area (Å²) in [6.07, 6.45) is 7.62. The molecule has 112 valence electrons. The first kappa shape index (κ1) is 16.3. The maximum Gasteiger partial charge on any atom is 0.190 e. The molecule has 1 aliphatic rings. The van der Waals surface area contributed by atoms with E-state index in [1.165, 1.54) is 25.7 Å². The fourth-order valence-electron chi connectivity index (χ4n) is 2.50. The third kappa shape index (κ3) is 5.81. The fourth-order valence-corrected chi connectivity index (χ4v) is 2.50. The maximum atomic E-state index is 5.32. The van der Waals surface area contributed by atoms with Crippen molar-refractivity contribution in [3.8, 4) is 0 Å². The molecule has 0 heterocycles. The summed E-state index contributed by atoms with van der Waals surface area (Å²) < 4.78 is 5.32. The number of aliphatic imine (C=N–C) groups is 1. The second kappa shape index (κ2) is 9.18. The van der Waals surface area contributed by atoms with Crippen LogP contribution in [0.5, 0.6) is 0 Å². The van der Waals surface area contributed by atoms with Crippen LogP contribution in [0.25, 0.3) is 0 Å². The number of ether oxygens (including phenoxy) is 1. The van der Waals surface area contributed by atoms with E-state index in [1.807, 2.05) is 14.0 Å². The molecule has 0 atom stereocenters.